The summed E-state index contributed by atoms with van der Waals surface area (Å²) < 4.78 is 5.21. The van der Waals surface area contributed by atoms with Gasteiger partial charge in [-0.3, -0.25) is 0 Å². The van der Waals surface area contributed by atoms with E-state index in [2.05, 4.69) is 4.98 Å². The lowest BCUT2D eigenvalue weighted by Crippen LogP contribution is -1.98. The Morgan fingerprint density at radius 1 is 0.950 bits per heavy atom. The minimum absolute atomic E-state index is 0.0739. The van der Waals surface area contributed by atoms with Crippen molar-refractivity contribution < 1.29 is 14.3 Å². The first-order valence-electron chi connectivity index (χ1n) is 6.08. The third kappa shape index (κ3) is 2.19. The van der Waals surface area contributed by atoms with E-state index in [0.29, 0.717) is 5.56 Å². The first kappa shape index (κ1) is 12.2. The number of carbonyl (C=O) groups is 1. The summed E-state index contributed by atoms with van der Waals surface area (Å²) >= 11 is 0. The number of rotatable bonds is 3. The molecule has 98 valence electrons. The van der Waals surface area contributed by atoms with Gasteiger partial charge in [-0.25, -0.2) is 9.78 Å². The predicted octanol–water partition coefficient (Wildman–Crippen LogP) is 3.71. The molecule has 0 saturated carbocycles. The first-order valence-corrected chi connectivity index (χ1v) is 6.08. The van der Waals surface area contributed by atoms with Crippen molar-refractivity contribution >= 4 is 5.97 Å². The Kier molecular flexibility index (Phi) is 3.05. The molecule has 20 heavy (non-hydrogen) atoms. The topological polar surface area (TPSA) is 63.3 Å². The van der Waals surface area contributed by atoms with Gasteiger partial charge in [-0.15, -0.1) is 0 Å². The van der Waals surface area contributed by atoms with Crippen molar-refractivity contribution in [3.8, 4) is 22.5 Å². The van der Waals surface area contributed by atoms with Gasteiger partial charge in [0.2, 0.25) is 0 Å². The number of nitrogens with zero attached hydrogens (tertiary/aromatic N) is 1. The average molecular weight is 265 g/mol. The largest absolute Gasteiger partial charge is 0.476 e. The zero-order chi connectivity index (χ0) is 13.9. The summed E-state index contributed by atoms with van der Waals surface area (Å²) in [7, 11) is 0. The van der Waals surface area contributed by atoms with E-state index >= 15 is 0 Å². The van der Waals surface area contributed by atoms with E-state index < -0.39 is 5.97 Å². The Labute approximate surface area is 115 Å². The van der Waals surface area contributed by atoms with E-state index in [4.69, 9.17) is 9.52 Å². The Morgan fingerprint density at radius 3 is 2.40 bits per heavy atom. The molecule has 3 aromatic rings. The zero-order valence-corrected chi connectivity index (χ0v) is 10.5. The molecular formula is C16H11NO3. The lowest BCUT2D eigenvalue weighted by Gasteiger charge is -2.04. The van der Waals surface area contributed by atoms with Crippen LogP contribution in [0.3, 0.4) is 0 Å². The molecule has 3 rings (SSSR count). The molecule has 0 amide bonds. The molecule has 0 atom stereocenters. The third-order valence-corrected chi connectivity index (χ3v) is 3.00. The van der Waals surface area contributed by atoms with E-state index in [1.807, 2.05) is 48.5 Å². The van der Waals surface area contributed by atoms with Crippen molar-refractivity contribution in [3.63, 3.8) is 0 Å². The summed E-state index contributed by atoms with van der Waals surface area (Å²) in [4.78, 5) is 14.8. The first-order chi connectivity index (χ1) is 9.75. The summed E-state index contributed by atoms with van der Waals surface area (Å²) in [6, 6.07) is 17.4. The van der Waals surface area contributed by atoms with Gasteiger partial charge in [-0.2, -0.15) is 0 Å². The molecule has 0 bridgehead atoms. The maximum Gasteiger partial charge on any atom is 0.358 e. The number of benzene rings is 2. The van der Waals surface area contributed by atoms with Crippen molar-refractivity contribution in [2.45, 2.75) is 0 Å². The standard InChI is InChI=1S/C16H11NO3/c18-16(19)14-15(20-10-17-14)13-8-4-7-12(9-13)11-5-2-1-3-6-11/h1-10H,(H,18,19). The molecule has 0 fully saturated rings. The van der Waals surface area contributed by atoms with Crippen LogP contribution in [0.25, 0.3) is 22.5 Å². The Bertz CT molecular complexity index is 747. The zero-order valence-electron chi connectivity index (χ0n) is 10.5. The maximum absolute atomic E-state index is 11.1. The van der Waals surface area contributed by atoms with Crippen LogP contribution in [0.4, 0.5) is 0 Å². The van der Waals surface area contributed by atoms with Crippen molar-refractivity contribution in [2.75, 3.05) is 0 Å². The highest BCUT2D eigenvalue weighted by molar-refractivity contribution is 5.92. The molecule has 0 saturated heterocycles. The fourth-order valence-electron chi connectivity index (χ4n) is 2.07. The smallest absolute Gasteiger partial charge is 0.358 e. The molecule has 0 aliphatic carbocycles. The second kappa shape index (κ2) is 5.01. The highest BCUT2D eigenvalue weighted by atomic mass is 16.4. The molecule has 0 spiro atoms. The lowest BCUT2D eigenvalue weighted by molar-refractivity contribution is 0.0691. The van der Waals surface area contributed by atoms with Crippen LogP contribution in [0.1, 0.15) is 10.5 Å². The number of oxazole rings is 1. The van der Waals surface area contributed by atoms with Crippen LogP contribution in [-0.4, -0.2) is 16.1 Å². The predicted molar refractivity (Wildman–Crippen MR) is 74.3 cm³/mol. The van der Waals surface area contributed by atoms with Crippen LogP contribution in [0.2, 0.25) is 0 Å². The molecule has 0 aliphatic rings. The van der Waals surface area contributed by atoms with Gasteiger partial charge in [0.15, 0.2) is 17.8 Å². The van der Waals surface area contributed by atoms with Crippen LogP contribution >= 0.6 is 0 Å². The van der Waals surface area contributed by atoms with Crippen LogP contribution in [0.15, 0.2) is 65.4 Å². The van der Waals surface area contributed by atoms with Crippen LogP contribution in [0, 0.1) is 0 Å². The normalized spacial score (nSPS) is 10.4. The van der Waals surface area contributed by atoms with Crippen LogP contribution in [0.5, 0.6) is 0 Å². The molecule has 4 heteroatoms. The molecule has 0 unspecified atom stereocenters. The Balaban J connectivity index is 2.08. The molecule has 2 aromatic carbocycles. The van der Waals surface area contributed by atoms with E-state index in [1.54, 1.807) is 6.07 Å². The second-order valence-electron chi connectivity index (χ2n) is 4.28. The summed E-state index contributed by atoms with van der Waals surface area (Å²) in [6.45, 7) is 0. The van der Waals surface area contributed by atoms with E-state index in [-0.39, 0.29) is 11.5 Å². The van der Waals surface area contributed by atoms with Crippen molar-refractivity contribution in [1.82, 2.24) is 4.98 Å². The maximum atomic E-state index is 11.1. The highest BCUT2D eigenvalue weighted by Gasteiger charge is 2.17. The van der Waals surface area contributed by atoms with Gasteiger partial charge in [0.25, 0.3) is 0 Å². The number of aromatic nitrogens is 1. The summed E-state index contributed by atoms with van der Waals surface area (Å²) in [5.41, 5.74) is 2.68. The molecule has 1 N–H and O–H groups in total. The number of hydrogen-bond acceptors (Lipinski definition) is 3. The fourth-order valence-corrected chi connectivity index (χ4v) is 2.07. The van der Waals surface area contributed by atoms with Crippen LogP contribution in [-0.2, 0) is 0 Å². The van der Waals surface area contributed by atoms with Gasteiger partial charge >= 0.3 is 5.97 Å². The molecule has 0 aliphatic heterocycles. The number of carboxylic acid groups (broad SMARTS) is 1. The van der Waals surface area contributed by atoms with Crippen LogP contribution < -0.4 is 0 Å². The van der Waals surface area contributed by atoms with Gasteiger partial charge in [0.05, 0.1) is 0 Å². The molecule has 1 heterocycles. The Hall–Kier alpha value is -2.88. The molecular weight excluding hydrogens is 254 g/mol. The molecule has 1 aromatic heterocycles. The minimum atomic E-state index is -1.10. The average Bonchev–Trinajstić information content (AvgIpc) is 2.98. The monoisotopic (exact) mass is 265 g/mol. The number of hydrogen-bond donors (Lipinski definition) is 1. The van der Waals surface area contributed by atoms with E-state index in [9.17, 15) is 4.79 Å². The van der Waals surface area contributed by atoms with E-state index in [0.717, 1.165) is 17.5 Å². The van der Waals surface area contributed by atoms with E-state index in [1.165, 1.54) is 0 Å². The van der Waals surface area contributed by atoms with Crippen molar-refractivity contribution in [1.29, 1.82) is 0 Å². The summed E-state index contributed by atoms with van der Waals surface area (Å²) in [5, 5.41) is 9.08. The van der Waals surface area contributed by atoms with Gasteiger partial charge in [0.1, 0.15) is 0 Å². The summed E-state index contributed by atoms with van der Waals surface area (Å²) in [5.74, 6) is -0.825. The fraction of sp³-hybridized carbons (Fsp3) is 0. The number of carboxylic acids is 1. The van der Waals surface area contributed by atoms with Gasteiger partial charge < -0.3 is 9.52 Å². The molecule has 0 radical (unpaired) electrons. The molecule has 4 nitrogen and oxygen atoms in total. The second-order valence-corrected chi connectivity index (χ2v) is 4.28. The summed E-state index contributed by atoms with van der Waals surface area (Å²) in [6.07, 6.45) is 1.15. The quantitative estimate of drug-likeness (QED) is 0.784. The highest BCUT2D eigenvalue weighted by Crippen LogP contribution is 2.28. The number of aromatic carboxylic acids is 1. The van der Waals surface area contributed by atoms with Crippen molar-refractivity contribution in [3.05, 3.63) is 66.7 Å². The Morgan fingerprint density at radius 2 is 1.65 bits per heavy atom. The van der Waals surface area contributed by atoms with Gasteiger partial charge in [-0.1, -0.05) is 48.5 Å². The van der Waals surface area contributed by atoms with Gasteiger partial charge in [-0.05, 0) is 17.2 Å². The lowest BCUT2D eigenvalue weighted by atomic mass is 10.0. The SMILES string of the molecule is O=C(O)c1ncoc1-c1cccc(-c2ccccc2)c1. The van der Waals surface area contributed by atoms with Gasteiger partial charge in [0, 0.05) is 5.56 Å². The van der Waals surface area contributed by atoms with Crippen molar-refractivity contribution in [2.24, 2.45) is 0 Å². The minimum Gasteiger partial charge on any atom is -0.476 e. The third-order valence-electron chi connectivity index (χ3n) is 3.00.